The van der Waals surface area contributed by atoms with Crippen LogP contribution in [-0.4, -0.2) is 14.2 Å². The standard InChI is InChI=1S/C48H40N2Si/c1-34(2)48-49-44-28-16-17-29-45(44)50(48)36-32-30-35(31-33-36)46-40-24-12-14-26-42(40)47(43-27-15-13-25-41(43)46)51(37-18-6-3-7-19-37,38-20-8-4-9-21-38)39-22-10-5-11-23-39/h3-34,48-49H,1-2H3. The highest BCUT2D eigenvalue weighted by Gasteiger charge is 2.44. The molecule has 0 radical (unpaired) electrons. The summed E-state index contributed by atoms with van der Waals surface area (Å²) < 4.78 is 0. The third kappa shape index (κ3) is 4.99. The highest BCUT2D eigenvalue weighted by Crippen LogP contribution is 2.43. The molecule has 0 aromatic heterocycles. The molecule has 0 amide bonds. The maximum absolute atomic E-state index is 3.77. The van der Waals surface area contributed by atoms with Crippen LogP contribution in [0.25, 0.3) is 32.7 Å². The summed E-state index contributed by atoms with van der Waals surface area (Å²) in [6.07, 6.45) is 0.196. The molecule has 0 saturated heterocycles. The van der Waals surface area contributed by atoms with Gasteiger partial charge in [-0.2, -0.15) is 0 Å². The molecule has 0 aliphatic carbocycles. The maximum Gasteiger partial charge on any atom is 0.180 e. The van der Waals surface area contributed by atoms with Crippen molar-refractivity contribution in [3.63, 3.8) is 0 Å². The molecule has 1 N–H and O–H groups in total. The first-order chi connectivity index (χ1) is 25.2. The molecule has 1 aliphatic heterocycles. The zero-order valence-electron chi connectivity index (χ0n) is 29.0. The molecule has 3 heteroatoms. The highest BCUT2D eigenvalue weighted by atomic mass is 28.3. The summed E-state index contributed by atoms with van der Waals surface area (Å²) in [5.74, 6) is 0.431. The largest absolute Gasteiger partial charge is 0.363 e. The van der Waals surface area contributed by atoms with Gasteiger partial charge in [-0.15, -0.1) is 0 Å². The van der Waals surface area contributed by atoms with Crippen LogP contribution in [0.15, 0.2) is 188 Å². The van der Waals surface area contributed by atoms with Gasteiger partial charge in [0.2, 0.25) is 0 Å². The van der Waals surface area contributed by atoms with Gasteiger partial charge in [0, 0.05) is 5.69 Å². The van der Waals surface area contributed by atoms with E-state index in [-0.39, 0.29) is 6.17 Å². The predicted molar refractivity (Wildman–Crippen MR) is 221 cm³/mol. The first-order valence-corrected chi connectivity index (χ1v) is 20.0. The SMILES string of the molecule is CC(C)C1Nc2ccccc2N1c1ccc(-c2c3ccccc3c([Si](c3ccccc3)(c3ccccc3)c3ccccc3)c3ccccc23)cc1. The van der Waals surface area contributed by atoms with E-state index in [1.54, 1.807) is 0 Å². The second-order valence-electron chi connectivity index (χ2n) is 14.0. The van der Waals surface area contributed by atoms with E-state index in [2.05, 4.69) is 212 Å². The van der Waals surface area contributed by atoms with E-state index in [4.69, 9.17) is 0 Å². The van der Waals surface area contributed by atoms with Crippen LogP contribution in [0.4, 0.5) is 17.1 Å². The average Bonchev–Trinajstić information content (AvgIpc) is 3.60. The van der Waals surface area contributed by atoms with Crippen molar-refractivity contribution in [2.75, 3.05) is 10.2 Å². The van der Waals surface area contributed by atoms with Crippen molar-refractivity contribution in [2.45, 2.75) is 20.0 Å². The van der Waals surface area contributed by atoms with Gasteiger partial charge in [-0.05, 0) is 83.6 Å². The fourth-order valence-corrected chi connectivity index (χ4v) is 13.8. The first-order valence-electron chi connectivity index (χ1n) is 18.0. The van der Waals surface area contributed by atoms with Crippen molar-refractivity contribution >= 4 is 67.4 Å². The molecular weight excluding hydrogens is 633 g/mol. The van der Waals surface area contributed by atoms with Crippen LogP contribution in [0.2, 0.25) is 0 Å². The summed E-state index contributed by atoms with van der Waals surface area (Å²) in [6, 6.07) is 70.0. The second kappa shape index (κ2) is 12.8. The number of para-hydroxylation sites is 2. The number of anilines is 3. The third-order valence-corrected chi connectivity index (χ3v) is 15.6. The normalized spacial score (nSPS) is 14.2. The zero-order chi connectivity index (χ0) is 34.4. The van der Waals surface area contributed by atoms with Crippen molar-refractivity contribution in [3.8, 4) is 11.1 Å². The summed E-state index contributed by atoms with van der Waals surface area (Å²) in [6.45, 7) is 4.57. The summed E-state index contributed by atoms with van der Waals surface area (Å²) in [5, 5.41) is 14.6. The summed E-state index contributed by atoms with van der Waals surface area (Å²) in [7, 11) is -2.85. The minimum atomic E-state index is -2.85. The van der Waals surface area contributed by atoms with E-state index in [0.29, 0.717) is 5.92 Å². The van der Waals surface area contributed by atoms with E-state index >= 15 is 0 Å². The van der Waals surface area contributed by atoms with Crippen LogP contribution >= 0.6 is 0 Å². The molecule has 51 heavy (non-hydrogen) atoms. The van der Waals surface area contributed by atoms with Crippen molar-refractivity contribution in [1.82, 2.24) is 0 Å². The fourth-order valence-electron chi connectivity index (χ4n) is 8.57. The summed E-state index contributed by atoms with van der Waals surface area (Å²) >= 11 is 0. The Morgan fingerprint density at radius 2 is 0.902 bits per heavy atom. The number of rotatable bonds is 7. The van der Waals surface area contributed by atoms with Crippen molar-refractivity contribution in [3.05, 3.63) is 188 Å². The summed E-state index contributed by atoms with van der Waals surface area (Å²) in [4.78, 5) is 2.46. The van der Waals surface area contributed by atoms with Crippen molar-refractivity contribution < 1.29 is 0 Å². The molecule has 246 valence electrons. The van der Waals surface area contributed by atoms with Gasteiger partial charge in [-0.3, -0.25) is 0 Å². The smallest absolute Gasteiger partial charge is 0.180 e. The molecule has 1 atom stereocenters. The van der Waals surface area contributed by atoms with Crippen LogP contribution < -0.4 is 31.0 Å². The minimum Gasteiger partial charge on any atom is -0.363 e. The predicted octanol–water partition coefficient (Wildman–Crippen LogP) is 9.58. The van der Waals surface area contributed by atoms with Gasteiger partial charge in [-0.1, -0.05) is 178 Å². The van der Waals surface area contributed by atoms with E-state index in [1.165, 1.54) is 70.5 Å². The number of nitrogens with zero attached hydrogens (tertiary/aromatic N) is 1. The summed E-state index contributed by atoms with van der Waals surface area (Å²) in [5.41, 5.74) is 6.13. The molecule has 1 heterocycles. The molecule has 1 aliphatic rings. The van der Waals surface area contributed by atoms with Crippen LogP contribution in [0.5, 0.6) is 0 Å². The van der Waals surface area contributed by atoms with Gasteiger partial charge in [0.05, 0.1) is 11.4 Å². The quantitative estimate of drug-likeness (QED) is 0.103. The number of fused-ring (bicyclic) bond motifs is 3. The van der Waals surface area contributed by atoms with E-state index in [1.807, 2.05) is 0 Å². The lowest BCUT2D eigenvalue weighted by Gasteiger charge is -2.37. The van der Waals surface area contributed by atoms with Gasteiger partial charge < -0.3 is 10.2 Å². The zero-order valence-corrected chi connectivity index (χ0v) is 30.0. The monoisotopic (exact) mass is 672 g/mol. The van der Waals surface area contributed by atoms with Gasteiger partial charge >= 0.3 is 0 Å². The highest BCUT2D eigenvalue weighted by molar-refractivity contribution is 7.21. The van der Waals surface area contributed by atoms with Gasteiger partial charge in [0.15, 0.2) is 8.07 Å². The average molecular weight is 673 g/mol. The molecule has 9 rings (SSSR count). The third-order valence-electron chi connectivity index (χ3n) is 10.7. The molecule has 1 unspecified atom stereocenters. The van der Waals surface area contributed by atoms with Crippen molar-refractivity contribution in [1.29, 1.82) is 0 Å². The van der Waals surface area contributed by atoms with Gasteiger partial charge in [0.25, 0.3) is 0 Å². The Labute approximate surface area is 301 Å². The lowest BCUT2D eigenvalue weighted by atomic mass is 9.91. The Hall–Kier alpha value is -5.90. The van der Waals surface area contributed by atoms with Crippen molar-refractivity contribution in [2.24, 2.45) is 5.92 Å². The molecule has 8 aromatic carbocycles. The molecule has 2 nitrogen and oxygen atoms in total. The fraction of sp³-hybridized carbons (Fsp3) is 0.0833. The Morgan fingerprint density at radius 1 is 0.471 bits per heavy atom. The lowest BCUT2D eigenvalue weighted by molar-refractivity contribution is 0.543. The minimum absolute atomic E-state index is 0.196. The number of hydrogen-bond donors (Lipinski definition) is 1. The van der Waals surface area contributed by atoms with Gasteiger partial charge in [-0.25, -0.2) is 0 Å². The maximum atomic E-state index is 3.77. The van der Waals surface area contributed by atoms with E-state index in [0.717, 1.165) is 0 Å². The second-order valence-corrected chi connectivity index (χ2v) is 17.7. The molecule has 0 spiro atoms. The van der Waals surface area contributed by atoms with Crippen LogP contribution in [0.1, 0.15) is 13.8 Å². The molecule has 8 aromatic rings. The van der Waals surface area contributed by atoms with Crippen LogP contribution in [-0.2, 0) is 0 Å². The van der Waals surface area contributed by atoms with E-state index < -0.39 is 8.07 Å². The Bertz CT molecular complexity index is 2320. The Kier molecular flexibility index (Phi) is 7.79. The molecule has 0 saturated carbocycles. The van der Waals surface area contributed by atoms with Crippen LogP contribution in [0, 0.1) is 5.92 Å². The Morgan fingerprint density at radius 3 is 1.39 bits per heavy atom. The van der Waals surface area contributed by atoms with E-state index in [9.17, 15) is 0 Å². The molecule has 0 fully saturated rings. The Balaban J connectivity index is 1.33. The molecule has 0 bridgehead atoms. The lowest BCUT2D eigenvalue weighted by Crippen LogP contribution is -2.75. The van der Waals surface area contributed by atoms with Crippen LogP contribution in [0.3, 0.4) is 0 Å². The number of benzene rings is 8. The number of nitrogens with one attached hydrogen (secondary N) is 1. The number of hydrogen-bond acceptors (Lipinski definition) is 2. The van der Waals surface area contributed by atoms with Gasteiger partial charge in [0.1, 0.15) is 6.17 Å². The first kappa shape index (κ1) is 31.1. The topological polar surface area (TPSA) is 15.3 Å². The molecular formula is C48H40N2Si.